The van der Waals surface area contributed by atoms with Crippen molar-refractivity contribution in [1.82, 2.24) is 4.57 Å². The second-order valence-corrected chi connectivity index (χ2v) is 6.18. The number of nitriles is 1. The van der Waals surface area contributed by atoms with Gasteiger partial charge in [-0.25, -0.2) is 0 Å². The van der Waals surface area contributed by atoms with Crippen molar-refractivity contribution in [1.29, 1.82) is 5.26 Å². The maximum atomic E-state index is 13.0. The van der Waals surface area contributed by atoms with Gasteiger partial charge in [-0.3, -0.25) is 9.59 Å². The third-order valence-electron chi connectivity index (χ3n) is 4.48. The highest BCUT2D eigenvalue weighted by Crippen LogP contribution is 2.26. The average Bonchev–Trinajstić information content (AvgIpc) is 3.09. The number of ketones is 1. The zero-order valence-corrected chi connectivity index (χ0v) is 15.8. The van der Waals surface area contributed by atoms with E-state index < -0.39 is 17.6 Å². The Hall–Kier alpha value is -3.59. The van der Waals surface area contributed by atoms with Crippen molar-refractivity contribution in [3.05, 3.63) is 60.3 Å². The maximum absolute atomic E-state index is 13.0. The summed E-state index contributed by atoms with van der Waals surface area (Å²) in [5.74, 6) is -2.16. The Morgan fingerprint density at radius 1 is 1.14 bits per heavy atom. The molecule has 6 nitrogen and oxygen atoms in total. The zero-order valence-electron chi connectivity index (χ0n) is 15.8. The van der Waals surface area contributed by atoms with Crippen LogP contribution in [0.4, 0.5) is 5.69 Å². The summed E-state index contributed by atoms with van der Waals surface area (Å²) in [5, 5.41) is 13.1. The molecule has 1 N–H and O–H groups in total. The highest BCUT2D eigenvalue weighted by atomic mass is 16.5. The third kappa shape index (κ3) is 3.60. The molecule has 1 amide bonds. The number of hydrogen-bond acceptors (Lipinski definition) is 4. The normalized spacial score (nSPS) is 11.6. The summed E-state index contributed by atoms with van der Waals surface area (Å²) in [6, 6.07) is 18.1. The number of hydrogen-bond donors (Lipinski definition) is 1. The van der Waals surface area contributed by atoms with Gasteiger partial charge in [0, 0.05) is 17.4 Å². The molecule has 1 heterocycles. The van der Waals surface area contributed by atoms with Crippen LogP contribution in [-0.2, 0) is 11.3 Å². The molecule has 0 aliphatic carbocycles. The van der Waals surface area contributed by atoms with Gasteiger partial charge in [-0.15, -0.1) is 0 Å². The van der Waals surface area contributed by atoms with Crippen molar-refractivity contribution >= 4 is 28.3 Å². The van der Waals surface area contributed by atoms with Gasteiger partial charge in [0.15, 0.2) is 5.92 Å². The first kappa shape index (κ1) is 19.2. The lowest BCUT2D eigenvalue weighted by molar-refractivity contribution is -0.117. The maximum Gasteiger partial charge on any atom is 0.249 e. The Morgan fingerprint density at radius 2 is 1.86 bits per heavy atom. The number of Topliss-reactive ketones (excluding diaryl/α,β-unsaturated/α-hetero) is 1. The first-order chi connectivity index (χ1) is 13.6. The van der Waals surface area contributed by atoms with Gasteiger partial charge in [-0.05, 0) is 38.1 Å². The van der Waals surface area contributed by atoms with Gasteiger partial charge in [0.2, 0.25) is 11.7 Å². The van der Waals surface area contributed by atoms with E-state index >= 15 is 0 Å². The minimum Gasteiger partial charge on any atom is -0.492 e. The summed E-state index contributed by atoms with van der Waals surface area (Å²) >= 11 is 0. The molecule has 0 saturated carbocycles. The number of para-hydroxylation sites is 3. The SMILES string of the molecule is CCOc1ccccc1NC(=O)C(C#N)C(=O)c1cc2ccccc2n1CC. The number of ether oxygens (including phenoxy) is 1. The van der Waals surface area contributed by atoms with Gasteiger partial charge in [0.1, 0.15) is 5.75 Å². The van der Waals surface area contributed by atoms with Crippen molar-refractivity contribution in [3.8, 4) is 11.8 Å². The molecule has 0 saturated heterocycles. The number of carbonyl (C=O) groups is 2. The number of nitrogens with zero attached hydrogens (tertiary/aromatic N) is 2. The van der Waals surface area contributed by atoms with Crippen LogP contribution in [0.5, 0.6) is 5.75 Å². The van der Waals surface area contributed by atoms with E-state index in [1.165, 1.54) is 0 Å². The topological polar surface area (TPSA) is 84.1 Å². The predicted octanol–water partition coefficient (Wildman–Crippen LogP) is 4.02. The number of benzene rings is 2. The molecule has 1 aromatic heterocycles. The van der Waals surface area contributed by atoms with Gasteiger partial charge in [-0.1, -0.05) is 30.3 Å². The molecule has 28 heavy (non-hydrogen) atoms. The standard InChI is InChI=1S/C22H21N3O3/c1-3-25-18-11-7-5-9-15(18)13-19(25)21(26)16(14-23)22(27)24-17-10-6-8-12-20(17)28-4-2/h5-13,16H,3-4H2,1-2H3,(H,24,27). The summed E-state index contributed by atoms with van der Waals surface area (Å²) in [4.78, 5) is 25.7. The van der Waals surface area contributed by atoms with E-state index in [9.17, 15) is 14.9 Å². The lowest BCUT2D eigenvalue weighted by Crippen LogP contribution is -2.30. The Labute approximate surface area is 163 Å². The van der Waals surface area contributed by atoms with Crippen LogP contribution in [-0.4, -0.2) is 22.9 Å². The summed E-state index contributed by atoms with van der Waals surface area (Å²) in [7, 11) is 0. The second kappa shape index (κ2) is 8.40. The van der Waals surface area contributed by atoms with Gasteiger partial charge in [-0.2, -0.15) is 5.26 Å². The number of nitrogens with one attached hydrogen (secondary N) is 1. The number of aromatic nitrogens is 1. The molecule has 142 valence electrons. The molecule has 3 rings (SSSR count). The quantitative estimate of drug-likeness (QED) is 0.499. The van der Waals surface area contributed by atoms with Crippen LogP contribution in [0.25, 0.3) is 10.9 Å². The first-order valence-electron chi connectivity index (χ1n) is 9.15. The summed E-state index contributed by atoms with van der Waals surface area (Å²) in [5.41, 5.74) is 1.68. The van der Waals surface area contributed by atoms with Crippen molar-refractivity contribution in [2.45, 2.75) is 20.4 Å². The molecular formula is C22H21N3O3. The number of amides is 1. The van der Waals surface area contributed by atoms with Crippen LogP contribution in [0, 0.1) is 17.2 Å². The van der Waals surface area contributed by atoms with Crippen LogP contribution in [0.3, 0.4) is 0 Å². The Morgan fingerprint density at radius 3 is 2.57 bits per heavy atom. The predicted molar refractivity (Wildman–Crippen MR) is 107 cm³/mol. The van der Waals surface area contributed by atoms with Gasteiger partial charge in [0.05, 0.1) is 24.1 Å². The van der Waals surface area contributed by atoms with Gasteiger partial charge >= 0.3 is 0 Å². The minimum atomic E-state index is -1.45. The fourth-order valence-electron chi connectivity index (χ4n) is 3.20. The van der Waals surface area contributed by atoms with Crippen molar-refractivity contribution in [3.63, 3.8) is 0 Å². The van der Waals surface area contributed by atoms with E-state index in [0.717, 1.165) is 10.9 Å². The minimum absolute atomic E-state index is 0.350. The van der Waals surface area contributed by atoms with Crippen LogP contribution < -0.4 is 10.1 Å². The van der Waals surface area contributed by atoms with Crippen molar-refractivity contribution in [2.75, 3.05) is 11.9 Å². The molecule has 0 aliphatic rings. The molecule has 1 atom stereocenters. The molecule has 0 fully saturated rings. The number of rotatable bonds is 7. The molecule has 0 aliphatic heterocycles. The Balaban J connectivity index is 1.91. The zero-order chi connectivity index (χ0) is 20.1. The lowest BCUT2D eigenvalue weighted by atomic mass is 10.0. The fraction of sp³-hybridized carbons (Fsp3) is 0.227. The van der Waals surface area contributed by atoms with Crippen molar-refractivity contribution < 1.29 is 14.3 Å². The second-order valence-electron chi connectivity index (χ2n) is 6.18. The smallest absolute Gasteiger partial charge is 0.249 e. The molecule has 0 radical (unpaired) electrons. The van der Waals surface area contributed by atoms with Crippen LogP contribution >= 0.6 is 0 Å². The van der Waals surface area contributed by atoms with E-state index in [1.54, 1.807) is 30.3 Å². The van der Waals surface area contributed by atoms with Crippen molar-refractivity contribution in [2.24, 2.45) is 5.92 Å². The lowest BCUT2D eigenvalue weighted by Gasteiger charge is -2.14. The van der Waals surface area contributed by atoms with E-state index in [4.69, 9.17) is 4.74 Å². The number of anilines is 1. The molecule has 3 aromatic rings. The van der Waals surface area contributed by atoms with E-state index in [2.05, 4.69) is 5.32 Å². The molecule has 0 bridgehead atoms. The molecule has 0 spiro atoms. The van der Waals surface area contributed by atoms with Gasteiger partial charge in [0.25, 0.3) is 0 Å². The Kier molecular flexibility index (Phi) is 5.75. The first-order valence-corrected chi connectivity index (χ1v) is 9.15. The number of carbonyl (C=O) groups excluding carboxylic acids is 2. The third-order valence-corrected chi connectivity index (χ3v) is 4.48. The Bertz CT molecular complexity index is 1060. The monoisotopic (exact) mass is 375 g/mol. The average molecular weight is 375 g/mol. The van der Waals surface area contributed by atoms with Crippen LogP contribution in [0.15, 0.2) is 54.6 Å². The fourth-order valence-corrected chi connectivity index (χ4v) is 3.20. The largest absolute Gasteiger partial charge is 0.492 e. The highest BCUT2D eigenvalue weighted by molar-refractivity contribution is 6.16. The molecule has 2 aromatic carbocycles. The molecule has 6 heteroatoms. The molecular weight excluding hydrogens is 354 g/mol. The van der Waals surface area contributed by atoms with E-state index in [1.807, 2.05) is 48.7 Å². The summed E-state index contributed by atoms with van der Waals surface area (Å²) < 4.78 is 7.31. The summed E-state index contributed by atoms with van der Waals surface area (Å²) in [6.45, 7) is 4.75. The van der Waals surface area contributed by atoms with Crippen LogP contribution in [0.1, 0.15) is 24.3 Å². The van der Waals surface area contributed by atoms with E-state index in [-0.39, 0.29) is 0 Å². The number of fused-ring (bicyclic) bond motifs is 1. The highest BCUT2D eigenvalue weighted by Gasteiger charge is 2.30. The molecule has 1 unspecified atom stereocenters. The van der Waals surface area contributed by atoms with Gasteiger partial charge < -0.3 is 14.6 Å². The van der Waals surface area contributed by atoms with E-state index in [0.29, 0.717) is 30.3 Å². The number of aryl methyl sites for hydroxylation is 1. The van der Waals surface area contributed by atoms with Crippen LogP contribution in [0.2, 0.25) is 0 Å². The summed E-state index contributed by atoms with van der Waals surface area (Å²) in [6.07, 6.45) is 0.